The standard InChI is InChI=1S/C15H24BrN5/c1-19(2)6-7-20-8-10-21(11-9-20)13-5-3-4-12(16)14(13)15(17)18/h3-5H,6-11H2,1-2H3,(H3,17,18). The van der Waals surface area contributed by atoms with Crippen LogP contribution >= 0.6 is 15.9 Å². The van der Waals surface area contributed by atoms with E-state index >= 15 is 0 Å². The number of hydrogen-bond acceptors (Lipinski definition) is 4. The first kappa shape index (κ1) is 16.3. The summed E-state index contributed by atoms with van der Waals surface area (Å²) < 4.78 is 0.891. The zero-order valence-electron chi connectivity index (χ0n) is 12.8. The number of nitrogens with one attached hydrogen (secondary N) is 1. The fourth-order valence-corrected chi connectivity index (χ4v) is 3.17. The van der Waals surface area contributed by atoms with Crippen LogP contribution in [-0.4, -0.2) is 69.0 Å². The van der Waals surface area contributed by atoms with Gasteiger partial charge in [0.2, 0.25) is 0 Å². The number of nitrogens with two attached hydrogens (primary N) is 1. The molecule has 0 aliphatic carbocycles. The first-order valence-electron chi connectivity index (χ1n) is 7.24. The van der Waals surface area contributed by atoms with E-state index in [0.717, 1.165) is 55.0 Å². The molecule has 0 spiro atoms. The smallest absolute Gasteiger partial charge is 0.126 e. The molecule has 1 saturated heterocycles. The van der Waals surface area contributed by atoms with Crippen LogP contribution in [0.3, 0.4) is 0 Å². The summed E-state index contributed by atoms with van der Waals surface area (Å²) in [6, 6.07) is 5.99. The van der Waals surface area contributed by atoms with Crippen molar-refractivity contribution in [2.45, 2.75) is 0 Å². The van der Waals surface area contributed by atoms with Crippen molar-refractivity contribution in [3.63, 3.8) is 0 Å². The minimum absolute atomic E-state index is 0.118. The molecular weight excluding hydrogens is 330 g/mol. The minimum Gasteiger partial charge on any atom is -0.384 e. The van der Waals surface area contributed by atoms with Gasteiger partial charge in [0, 0.05) is 49.4 Å². The van der Waals surface area contributed by atoms with Crippen molar-refractivity contribution < 1.29 is 0 Å². The van der Waals surface area contributed by atoms with Crippen molar-refractivity contribution in [1.29, 1.82) is 5.41 Å². The molecule has 1 aromatic rings. The van der Waals surface area contributed by atoms with Crippen LogP contribution in [0.15, 0.2) is 22.7 Å². The molecule has 0 aromatic heterocycles. The van der Waals surface area contributed by atoms with Crippen LogP contribution in [0.25, 0.3) is 0 Å². The first-order chi connectivity index (χ1) is 9.99. The van der Waals surface area contributed by atoms with Crippen molar-refractivity contribution in [1.82, 2.24) is 9.80 Å². The summed E-state index contributed by atoms with van der Waals surface area (Å²) in [4.78, 5) is 7.03. The summed E-state index contributed by atoms with van der Waals surface area (Å²) in [7, 11) is 4.22. The lowest BCUT2D eigenvalue weighted by atomic mass is 10.1. The quantitative estimate of drug-likeness (QED) is 0.620. The van der Waals surface area contributed by atoms with Crippen molar-refractivity contribution in [2.75, 3.05) is 58.3 Å². The van der Waals surface area contributed by atoms with Crippen LogP contribution in [0.1, 0.15) is 5.56 Å². The molecule has 6 heteroatoms. The van der Waals surface area contributed by atoms with Crippen LogP contribution < -0.4 is 10.6 Å². The Morgan fingerprint density at radius 2 is 1.95 bits per heavy atom. The van der Waals surface area contributed by atoms with Gasteiger partial charge in [-0.2, -0.15) is 0 Å². The van der Waals surface area contributed by atoms with Gasteiger partial charge in [0.15, 0.2) is 0 Å². The van der Waals surface area contributed by atoms with Crippen LogP contribution in [0.2, 0.25) is 0 Å². The molecule has 1 heterocycles. The van der Waals surface area contributed by atoms with E-state index in [-0.39, 0.29) is 5.84 Å². The number of halogens is 1. The first-order valence-corrected chi connectivity index (χ1v) is 8.03. The number of nitrogens with zero attached hydrogens (tertiary/aromatic N) is 3. The Kier molecular flexibility index (Phi) is 5.61. The van der Waals surface area contributed by atoms with Gasteiger partial charge in [-0.05, 0) is 42.2 Å². The topological polar surface area (TPSA) is 59.6 Å². The molecule has 1 aliphatic rings. The number of rotatable bonds is 5. The van der Waals surface area contributed by atoms with Gasteiger partial charge in [0.05, 0.1) is 5.56 Å². The molecule has 1 fully saturated rings. The zero-order valence-corrected chi connectivity index (χ0v) is 14.4. The highest BCUT2D eigenvalue weighted by molar-refractivity contribution is 9.10. The van der Waals surface area contributed by atoms with E-state index in [2.05, 4.69) is 50.8 Å². The Morgan fingerprint density at radius 3 is 2.52 bits per heavy atom. The van der Waals surface area contributed by atoms with Crippen molar-refractivity contribution >= 4 is 27.5 Å². The SMILES string of the molecule is CN(C)CCN1CCN(c2cccc(Br)c2C(=N)N)CC1. The molecule has 1 aliphatic heterocycles. The van der Waals surface area contributed by atoms with Gasteiger partial charge in [-0.15, -0.1) is 0 Å². The average molecular weight is 354 g/mol. The Morgan fingerprint density at radius 1 is 1.29 bits per heavy atom. The van der Waals surface area contributed by atoms with Crippen LogP contribution in [0, 0.1) is 5.41 Å². The van der Waals surface area contributed by atoms with Crippen LogP contribution in [0.5, 0.6) is 0 Å². The molecule has 0 radical (unpaired) electrons. The fraction of sp³-hybridized carbons (Fsp3) is 0.533. The molecule has 5 nitrogen and oxygen atoms in total. The highest BCUT2D eigenvalue weighted by Crippen LogP contribution is 2.28. The van der Waals surface area contributed by atoms with Crippen LogP contribution in [0.4, 0.5) is 5.69 Å². The predicted octanol–water partition coefficient (Wildman–Crippen LogP) is 1.42. The molecule has 0 atom stereocenters. The molecule has 1 aromatic carbocycles. The third-order valence-corrected chi connectivity index (χ3v) is 4.50. The summed E-state index contributed by atoms with van der Waals surface area (Å²) in [5.74, 6) is 0.118. The van der Waals surface area contributed by atoms with Crippen molar-refractivity contribution in [3.8, 4) is 0 Å². The normalized spacial score (nSPS) is 16.5. The number of likely N-dealkylation sites (N-methyl/N-ethyl adjacent to an activating group) is 1. The maximum Gasteiger partial charge on any atom is 0.126 e. The average Bonchev–Trinajstić information content (AvgIpc) is 2.45. The number of hydrogen-bond donors (Lipinski definition) is 2. The molecule has 3 N–H and O–H groups in total. The summed E-state index contributed by atoms with van der Waals surface area (Å²) in [6.07, 6.45) is 0. The Balaban J connectivity index is 2.03. The number of anilines is 1. The lowest BCUT2D eigenvalue weighted by molar-refractivity contribution is 0.229. The summed E-state index contributed by atoms with van der Waals surface area (Å²) >= 11 is 3.50. The van der Waals surface area contributed by atoms with Crippen molar-refractivity contribution in [2.24, 2.45) is 5.73 Å². The Hall–Kier alpha value is -1.11. The molecule has 0 amide bonds. The third-order valence-electron chi connectivity index (χ3n) is 3.84. The second-order valence-electron chi connectivity index (χ2n) is 5.68. The number of amidine groups is 1. The van der Waals surface area contributed by atoms with Crippen molar-refractivity contribution in [3.05, 3.63) is 28.2 Å². The van der Waals surface area contributed by atoms with E-state index < -0.39 is 0 Å². The molecule has 0 saturated carbocycles. The third kappa shape index (κ3) is 4.18. The summed E-state index contributed by atoms with van der Waals surface area (Å²) in [6.45, 7) is 6.26. The molecule has 21 heavy (non-hydrogen) atoms. The number of piperazine rings is 1. The summed E-state index contributed by atoms with van der Waals surface area (Å²) in [5, 5.41) is 7.79. The second-order valence-corrected chi connectivity index (χ2v) is 6.53. The lowest BCUT2D eigenvalue weighted by Gasteiger charge is -2.37. The van der Waals surface area contributed by atoms with Gasteiger partial charge in [-0.3, -0.25) is 10.3 Å². The maximum absolute atomic E-state index is 7.79. The predicted molar refractivity (Wildman–Crippen MR) is 92.4 cm³/mol. The monoisotopic (exact) mass is 353 g/mol. The lowest BCUT2D eigenvalue weighted by Crippen LogP contribution is -2.48. The van der Waals surface area contributed by atoms with E-state index in [1.54, 1.807) is 0 Å². The molecule has 2 rings (SSSR count). The Labute approximate surface area is 135 Å². The van der Waals surface area contributed by atoms with E-state index in [9.17, 15) is 0 Å². The van der Waals surface area contributed by atoms with Gasteiger partial charge < -0.3 is 15.5 Å². The zero-order chi connectivity index (χ0) is 15.4. The van der Waals surface area contributed by atoms with Gasteiger partial charge >= 0.3 is 0 Å². The summed E-state index contributed by atoms with van der Waals surface area (Å²) in [5.41, 5.74) is 7.61. The number of nitrogen functional groups attached to an aromatic ring is 1. The maximum atomic E-state index is 7.79. The molecule has 0 bridgehead atoms. The van der Waals surface area contributed by atoms with E-state index in [1.165, 1.54) is 0 Å². The van der Waals surface area contributed by atoms with Gasteiger partial charge in [-0.25, -0.2) is 0 Å². The highest BCUT2D eigenvalue weighted by atomic mass is 79.9. The fourth-order valence-electron chi connectivity index (χ4n) is 2.60. The van der Waals surface area contributed by atoms with Gasteiger partial charge in [0.25, 0.3) is 0 Å². The van der Waals surface area contributed by atoms with E-state index in [0.29, 0.717) is 0 Å². The van der Waals surface area contributed by atoms with Gasteiger partial charge in [0.1, 0.15) is 5.84 Å². The van der Waals surface area contributed by atoms with E-state index in [4.69, 9.17) is 11.1 Å². The number of benzene rings is 1. The second kappa shape index (κ2) is 7.24. The van der Waals surface area contributed by atoms with E-state index in [1.807, 2.05) is 12.1 Å². The Bertz CT molecular complexity index is 495. The van der Waals surface area contributed by atoms with Gasteiger partial charge in [-0.1, -0.05) is 6.07 Å². The van der Waals surface area contributed by atoms with Crippen LogP contribution in [-0.2, 0) is 0 Å². The molecule has 116 valence electrons. The minimum atomic E-state index is 0.118. The highest BCUT2D eigenvalue weighted by Gasteiger charge is 2.21. The molecule has 0 unspecified atom stereocenters. The largest absolute Gasteiger partial charge is 0.384 e. The molecular formula is C15H24BrN5.